The van der Waals surface area contributed by atoms with Gasteiger partial charge in [-0.25, -0.2) is 0 Å². The molecule has 0 spiro atoms. The van der Waals surface area contributed by atoms with Crippen LogP contribution in [0.25, 0.3) is 0 Å². The van der Waals surface area contributed by atoms with E-state index >= 15 is 0 Å². The normalized spacial score (nSPS) is 27.2. The average molecular weight is 262 g/mol. The van der Waals surface area contributed by atoms with E-state index in [9.17, 15) is 0 Å². The van der Waals surface area contributed by atoms with Gasteiger partial charge < -0.3 is 0 Å². The van der Waals surface area contributed by atoms with E-state index < -0.39 is 0 Å². The molecule has 0 aliphatic carbocycles. The van der Waals surface area contributed by atoms with Crippen LogP contribution in [0, 0.1) is 5.92 Å². The van der Waals surface area contributed by atoms with Crippen LogP contribution in [0.1, 0.15) is 46.0 Å². The molecule has 84 valence electrons. The molecule has 2 atom stereocenters. The van der Waals surface area contributed by atoms with Crippen molar-refractivity contribution in [3.8, 4) is 0 Å². The molecule has 1 fully saturated rings. The maximum absolute atomic E-state index is 3.66. The molecular formula is C12H24BrN. The van der Waals surface area contributed by atoms with Crippen molar-refractivity contribution in [3.05, 3.63) is 0 Å². The molecule has 0 aromatic carbocycles. The van der Waals surface area contributed by atoms with Gasteiger partial charge >= 0.3 is 0 Å². The van der Waals surface area contributed by atoms with E-state index in [0.29, 0.717) is 0 Å². The van der Waals surface area contributed by atoms with E-state index in [-0.39, 0.29) is 0 Å². The number of likely N-dealkylation sites (tertiary alicyclic amines) is 1. The molecular weight excluding hydrogens is 238 g/mol. The number of halogens is 1. The smallest absolute Gasteiger partial charge is 0.0192 e. The molecule has 0 bridgehead atoms. The Bertz CT molecular complexity index is 149. The van der Waals surface area contributed by atoms with E-state index in [4.69, 9.17) is 0 Å². The summed E-state index contributed by atoms with van der Waals surface area (Å²) in [6.45, 7) is 7.29. The maximum atomic E-state index is 3.66. The van der Waals surface area contributed by atoms with Crippen LogP contribution in [-0.2, 0) is 0 Å². The quantitative estimate of drug-likeness (QED) is 0.699. The van der Waals surface area contributed by atoms with E-state index in [1.807, 2.05) is 0 Å². The molecule has 0 aromatic rings. The van der Waals surface area contributed by atoms with E-state index in [1.165, 1.54) is 45.2 Å². The van der Waals surface area contributed by atoms with Crippen LogP contribution in [-0.4, -0.2) is 29.4 Å². The summed E-state index contributed by atoms with van der Waals surface area (Å²) >= 11 is 3.66. The fourth-order valence-corrected chi connectivity index (χ4v) is 2.91. The third-order valence-electron chi connectivity index (χ3n) is 3.42. The van der Waals surface area contributed by atoms with Crippen molar-refractivity contribution in [1.82, 2.24) is 4.90 Å². The minimum Gasteiger partial charge on any atom is -0.299 e. The molecule has 1 rings (SSSR count). The molecule has 1 heterocycles. The summed E-state index contributed by atoms with van der Waals surface area (Å²) in [5.41, 5.74) is 0. The lowest BCUT2D eigenvalue weighted by Gasteiger charge is -2.30. The fraction of sp³-hybridized carbons (Fsp3) is 1.00. The molecule has 0 amide bonds. The first-order chi connectivity index (χ1) is 6.77. The zero-order valence-electron chi connectivity index (χ0n) is 9.64. The molecule has 2 heteroatoms. The summed E-state index contributed by atoms with van der Waals surface area (Å²) in [4.78, 5) is 2.70. The van der Waals surface area contributed by atoms with Gasteiger partial charge in [0, 0.05) is 17.9 Å². The highest BCUT2D eigenvalue weighted by Gasteiger charge is 2.20. The van der Waals surface area contributed by atoms with Gasteiger partial charge in [-0.1, -0.05) is 49.0 Å². The molecule has 0 aromatic heterocycles. The number of hydrogen-bond donors (Lipinski definition) is 0. The Hall–Kier alpha value is 0.440. The second-order valence-corrected chi connectivity index (χ2v) is 5.31. The van der Waals surface area contributed by atoms with E-state index in [2.05, 4.69) is 34.7 Å². The van der Waals surface area contributed by atoms with E-state index in [1.54, 1.807) is 0 Å². The van der Waals surface area contributed by atoms with Gasteiger partial charge in [0.05, 0.1) is 0 Å². The third-order valence-corrected chi connectivity index (χ3v) is 4.17. The second-order valence-electron chi connectivity index (χ2n) is 4.67. The zero-order valence-corrected chi connectivity index (χ0v) is 11.2. The summed E-state index contributed by atoms with van der Waals surface area (Å²) < 4.78 is 0. The monoisotopic (exact) mass is 261 g/mol. The Kier molecular flexibility index (Phi) is 6.11. The number of hydrogen-bond acceptors (Lipinski definition) is 1. The van der Waals surface area contributed by atoms with Crippen molar-refractivity contribution in [2.75, 3.05) is 18.4 Å². The minimum absolute atomic E-state index is 0.798. The van der Waals surface area contributed by atoms with Gasteiger partial charge in [-0.3, -0.25) is 4.90 Å². The minimum atomic E-state index is 0.798. The van der Waals surface area contributed by atoms with Crippen molar-refractivity contribution in [3.63, 3.8) is 0 Å². The van der Waals surface area contributed by atoms with Crippen LogP contribution < -0.4 is 0 Å². The summed E-state index contributed by atoms with van der Waals surface area (Å²) in [6, 6.07) is 0.798. The predicted molar refractivity (Wildman–Crippen MR) is 67.1 cm³/mol. The van der Waals surface area contributed by atoms with Gasteiger partial charge in [0.1, 0.15) is 0 Å². The van der Waals surface area contributed by atoms with E-state index in [0.717, 1.165) is 17.3 Å². The Morgan fingerprint density at radius 2 is 2.14 bits per heavy atom. The van der Waals surface area contributed by atoms with Gasteiger partial charge in [-0.2, -0.15) is 0 Å². The Balaban J connectivity index is 2.43. The first kappa shape index (κ1) is 12.5. The molecule has 1 nitrogen and oxygen atoms in total. The molecule has 1 aliphatic rings. The highest BCUT2D eigenvalue weighted by atomic mass is 79.9. The molecule has 14 heavy (non-hydrogen) atoms. The maximum Gasteiger partial charge on any atom is 0.0192 e. The Morgan fingerprint density at radius 1 is 1.36 bits per heavy atom. The Morgan fingerprint density at radius 3 is 2.79 bits per heavy atom. The van der Waals surface area contributed by atoms with Crippen LogP contribution in [0.3, 0.4) is 0 Å². The lowest BCUT2D eigenvalue weighted by Crippen LogP contribution is -2.38. The fourth-order valence-electron chi connectivity index (χ4n) is 2.18. The molecule has 2 unspecified atom stereocenters. The van der Waals surface area contributed by atoms with Gasteiger partial charge in [-0.05, 0) is 25.3 Å². The summed E-state index contributed by atoms with van der Waals surface area (Å²) in [6.07, 6.45) is 6.96. The van der Waals surface area contributed by atoms with Gasteiger partial charge in [0.25, 0.3) is 0 Å². The zero-order chi connectivity index (χ0) is 10.4. The van der Waals surface area contributed by atoms with Crippen LogP contribution in [0.2, 0.25) is 0 Å². The first-order valence-electron chi connectivity index (χ1n) is 6.08. The van der Waals surface area contributed by atoms with Crippen molar-refractivity contribution >= 4 is 15.9 Å². The standard InChI is InChI=1S/C12H24BrN/c1-3-11(2)10-14-8-6-4-5-7-12(14)9-13/h11-12H,3-10H2,1-2H3. The van der Waals surface area contributed by atoms with Crippen LogP contribution >= 0.6 is 15.9 Å². The number of nitrogens with zero attached hydrogens (tertiary/aromatic N) is 1. The van der Waals surface area contributed by atoms with Crippen molar-refractivity contribution in [1.29, 1.82) is 0 Å². The van der Waals surface area contributed by atoms with Crippen molar-refractivity contribution in [2.45, 2.75) is 52.0 Å². The third kappa shape index (κ3) is 3.90. The molecule has 1 aliphatic heterocycles. The van der Waals surface area contributed by atoms with Crippen LogP contribution in [0.4, 0.5) is 0 Å². The largest absolute Gasteiger partial charge is 0.299 e. The number of rotatable bonds is 4. The van der Waals surface area contributed by atoms with Gasteiger partial charge in [0.2, 0.25) is 0 Å². The first-order valence-corrected chi connectivity index (χ1v) is 7.20. The predicted octanol–water partition coefficient (Wildman–Crippen LogP) is 3.67. The summed E-state index contributed by atoms with van der Waals surface area (Å²) in [7, 11) is 0. The average Bonchev–Trinajstić information content (AvgIpc) is 2.42. The number of alkyl halides is 1. The topological polar surface area (TPSA) is 3.24 Å². The Labute approximate surface area is 97.4 Å². The SMILES string of the molecule is CCC(C)CN1CCCCCC1CBr. The lowest BCUT2D eigenvalue weighted by atomic mass is 10.1. The summed E-state index contributed by atoms with van der Waals surface area (Å²) in [5, 5.41) is 1.16. The molecule has 0 saturated carbocycles. The van der Waals surface area contributed by atoms with Crippen LogP contribution in [0.5, 0.6) is 0 Å². The second kappa shape index (κ2) is 6.84. The van der Waals surface area contributed by atoms with Gasteiger partial charge in [0.15, 0.2) is 0 Å². The van der Waals surface area contributed by atoms with Crippen molar-refractivity contribution < 1.29 is 0 Å². The molecule has 0 radical (unpaired) electrons. The summed E-state index contributed by atoms with van der Waals surface area (Å²) in [5.74, 6) is 0.856. The highest BCUT2D eigenvalue weighted by molar-refractivity contribution is 9.09. The van der Waals surface area contributed by atoms with Gasteiger partial charge in [-0.15, -0.1) is 0 Å². The molecule has 1 saturated heterocycles. The molecule has 0 N–H and O–H groups in total. The highest BCUT2D eigenvalue weighted by Crippen LogP contribution is 2.20. The lowest BCUT2D eigenvalue weighted by molar-refractivity contribution is 0.187. The van der Waals surface area contributed by atoms with Crippen LogP contribution in [0.15, 0.2) is 0 Å². The van der Waals surface area contributed by atoms with Crippen molar-refractivity contribution in [2.24, 2.45) is 5.92 Å².